The number of benzene rings is 1. The fourth-order valence-electron chi connectivity index (χ4n) is 1.17. The number of urea groups is 1. The van der Waals surface area contributed by atoms with Gasteiger partial charge in [-0.25, -0.2) is 10.2 Å². The van der Waals surface area contributed by atoms with Crippen LogP contribution in [0.15, 0.2) is 17.2 Å². The third-order valence-corrected chi connectivity index (χ3v) is 3.37. The number of nitrogens with one attached hydrogen (secondary N) is 1. The molecule has 0 aliphatic rings. The van der Waals surface area contributed by atoms with Crippen molar-refractivity contribution in [1.29, 1.82) is 0 Å². The molecule has 0 radical (unpaired) electrons. The maximum Gasteiger partial charge on any atom is 0.332 e. The number of carbonyl (C=O) groups is 1. The van der Waals surface area contributed by atoms with Crippen LogP contribution in [0.25, 0.3) is 0 Å². The van der Waals surface area contributed by atoms with Crippen molar-refractivity contribution in [2.75, 3.05) is 0 Å². The molecule has 0 bridgehead atoms. The van der Waals surface area contributed by atoms with Gasteiger partial charge in [0.1, 0.15) is 5.75 Å². The third kappa shape index (κ3) is 4.96. The van der Waals surface area contributed by atoms with E-state index in [4.69, 9.17) is 10.5 Å². The standard InChI is InChI=1S/C11H13I2N3O2/c1-6(2)18-10-8(12)3-7(4-9(10)13)5-15-16-11(14)17/h3-6H,1-2H3,(H3,14,16,17)/b15-5-. The first-order valence-corrected chi connectivity index (χ1v) is 7.30. The van der Waals surface area contributed by atoms with Crippen LogP contribution in [0.1, 0.15) is 19.4 Å². The van der Waals surface area contributed by atoms with Crippen molar-refractivity contribution >= 4 is 57.4 Å². The Morgan fingerprint density at radius 3 is 2.44 bits per heavy atom. The number of hydrogen-bond acceptors (Lipinski definition) is 3. The number of ether oxygens (including phenoxy) is 1. The van der Waals surface area contributed by atoms with Crippen LogP contribution in [0.4, 0.5) is 4.79 Å². The van der Waals surface area contributed by atoms with Crippen molar-refractivity contribution in [1.82, 2.24) is 5.43 Å². The van der Waals surface area contributed by atoms with Crippen LogP contribution < -0.4 is 15.9 Å². The van der Waals surface area contributed by atoms with Gasteiger partial charge >= 0.3 is 6.03 Å². The monoisotopic (exact) mass is 473 g/mol. The van der Waals surface area contributed by atoms with Gasteiger partial charge in [-0.15, -0.1) is 0 Å². The number of amides is 2. The Balaban J connectivity index is 2.92. The van der Waals surface area contributed by atoms with Crippen LogP contribution in [0.5, 0.6) is 5.75 Å². The Morgan fingerprint density at radius 1 is 1.44 bits per heavy atom. The predicted octanol–water partition coefficient (Wildman–Crippen LogP) is 2.69. The largest absolute Gasteiger partial charge is 0.489 e. The second-order valence-electron chi connectivity index (χ2n) is 3.71. The van der Waals surface area contributed by atoms with Gasteiger partial charge < -0.3 is 10.5 Å². The minimum Gasteiger partial charge on any atom is -0.489 e. The van der Waals surface area contributed by atoms with Gasteiger partial charge in [0.25, 0.3) is 0 Å². The van der Waals surface area contributed by atoms with Gasteiger partial charge in [0.15, 0.2) is 0 Å². The summed E-state index contributed by atoms with van der Waals surface area (Å²) < 4.78 is 7.71. The molecule has 2 amide bonds. The summed E-state index contributed by atoms with van der Waals surface area (Å²) in [6.45, 7) is 3.97. The molecule has 98 valence electrons. The summed E-state index contributed by atoms with van der Waals surface area (Å²) >= 11 is 4.41. The van der Waals surface area contributed by atoms with Crippen LogP contribution in [0.3, 0.4) is 0 Å². The highest BCUT2D eigenvalue weighted by molar-refractivity contribution is 14.1. The molecule has 1 aromatic carbocycles. The summed E-state index contributed by atoms with van der Waals surface area (Å²) in [5.74, 6) is 0.867. The summed E-state index contributed by atoms with van der Waals surface area (Å²) in [6, 6.07) is 3.16. The Bertz CT molecular complexity index is 452. The van der Waals surface area contributed by atoms with E-state index in [1.54, 1.807) is 0 Å². The van der Waals surface area contributed by atoms with E-state index >= 15 is 0 Å². The lowest BCUT2D eigenvalue weighted by Gasteiger charge is -2.13. The summed E-state index contributed by atoms with van der Waals surface area (Å²) in [6.07, 6.45) is 1.66. The van der Waals surface area contributed by atoms with E-state index in [0.717, 1.165) is 18.5 Å². The third-order valence-electron chi connectivity index (χ3n) is 1.76. The number of halogens is 2. The predicted molar refractivity (Wildman–Crippen MR) is 88.0 cm³/mol. The first kappa shape index (κ1) is 15.5. The fraction of sp³-hybridized carbons (Fsp3) is 0.273. The van der Waals surface area contributed by atoms with E-state index in [0.29, 0.717) is 0 Å². The summed E-state index contributed by atoms with van der Waals surface area (Å²) in [5.41, 5.74) is 7.93. The highest BCUT2D eigenvalue weighted by Crippen LogP contribution is 2.29. The lowest BCUT2D eigenvalue weighted by Crippen LogP contribution is -2.24. The zero-order valence-corrected chi connectivity index (χ0v) is 14.2. The van der Waals surface area contributed by atoms with Crippen LogP contribution >= 0.6 is 45.2 Å². The van der Waals surface area contributed by atoms with E-state index in [2.05, 4.69) is 55.7 Å². The molecule has 0 atom stereocenters. The van der Waals surface area contributed by atoms with E-state index in [1.807, 2.05) is 26.0 Å². The van der Waals surface area contributed by atoms with Crippen LogP contribution in [-0.2, 0) is 0 Å². The lowest BCUT2D eigenvalue weighted by atomic mass is 10.2. The number of hydrazone groups is 1. The topological polar surface area (TPSA) is 76.7 Å². The first-order valence-electron chi connectivity index (χ1n) is 5.14. The Kier molecular flexibility index (Phi) is 6.12. The van der Waals surface area contributed by atoms with Gasteiger partial charge in [0.05, 0.1) is 19.5 Å². The molecule has 0 heterocycles. The van der Waals surface area contributed by atoms with Crippen molar-refractivity contribution in [3.63, 3.8) is 0 Å². The van der Waals surface area contributed by atoms with E-state index < -0.39 is 6.03 Å². The van der Waals surface area contributed by atoms with Gasteiger partial charge in [0, 0.05) is 0 Å². The smallest absolute Gasteiger partial charge is 0.332 e. The van der Waals surface area contributed by atoms with Crippen LogP contribution in [-0.4, -0.2) is 18.3 Å². The molecule has 0 saturated carbocycles. The molecule has 1 aromatic rings. The molecule has 3 N–H and O–H groups in total. The molecule has 5 nitrogen and oxygen atoms in total. The lowest BCUT2D eigenvalue weighted by molar-refractivity contribution is 0.239. The highest BCUT2D eigenvalue weighted by Gasteiger charge is 2.09. The molecule has 0 aliphatic carbocycles. The summed E-state index contributed by atoms with van der Waals surface area (Å²) in [5, 5.41) is 3.72. The molecule has 0 aliphatic heterocycles. The van der Waals surface area contributed by atoms with E-state index in [1.165, 1.54) is 6.21 Å². The number of primary amides is 1. The number of carbonyl (C=O) groups excluding carboxylic acids is 1. The molecule has 1 rings (SSSR count). The van der Waals surface area contributed by atoms with Crippen molar-refractivity contribution in [2.24, 2.45) is 10.8 Å². The summed E-state index contributed by atoms with van der Waals surface area (Å²) in [7, 11) is 0. The second-order valence-corrected chi connectivity index (χ2v) is 6.04. The SMILES string of the molecule is CC(C)Oc1c(I)cc(/C=N\NC(N)=O)cc1I. The van der Waals surface area contributed by atoms with Crippen LogP contribution in [0.2, 0.25) is 0 Å². The maximum absolute atomic E-state index is 10.5. The van der Waals surface area contributed by atoms with Gasteiger partial charge in [-0.2, -0.15) is 5.10 Å². The molecule has 0 aromatic heterocycles. The minimum absolute atomic E-state index is 0.128. The zero-order chi connectivity index (χ0) is 13.7. The van der Waals surface area contributed by atoms with E-state index in [-0.39, 0.29) is 6.10 Å². The summed E-state index contributed by atoms with van der Waals surface area (Å²) in [4.78, 5) is 10.5. The first-order chi connectivity index (χ1) is 8.40. The van der Waals surface area contributed by atoms with Crippen LogP contribution in [0, 0.1) is 7.14 Å². The maximum atomic E-state index is 10.5. The van der Waals surface area contributed by atoms with Crippen molar-refractivity contribution in [3.05, 3.63) is 24.8 Å². The molecular weight excluding hydrogens is 460 g/mol. The second kappa shape index (κ2) is 7.12. The fourth-order valence-corrected chi connectivity index (χ4v) is 3.24. The van der Waals surface area contributed by atoms with Crippen molar-refractivity contribution < 1.29 is 9.53 Å². The normalized spacial score (nSPS) is 10.9. The average molecular weight is 473 g/mol. The van der Waals surface area contributed by atoms with Gasteiger partial charge in [-0.05, 0) is 76.7 Å². The number of hydrogen-bond donors (Lipinski definition) is 2. The van der Waals surface area contributed by atoms with Crippen molar-refractivity contribution in [3.8, 4) is 5.75 Å². The quantitative estimate of drug-likeness (QED) is 0.401. The Hall–Kier alpha value is -0.580. The average Bonchev–Trinajstić information content (AvgIpc) is 2.22. The molecule has 0 unspecified atom stereocenters. The molecule has 0 fully saturated rings. The Morgan fingerprint density at radius 2 is 2.00 bits per heavy atom. The minimum atomic E-state index is -0.685. The van der Waals surface area contributed by atoms with Gasteiger partial charge in [-0.3, -0.25) is 0 Å². The van der Waals surface area contributed by atoms with E-state index in [9.17, 15) is 4.79 Å². The molecular formula is C11H13I2N3O2. The van der Waals surface area contributed by atoms with Gasteiger partial charge in [-0.1, -0.05) is 0 Å². The zero-order valence-electron chi connectivity index (χ0n) is 9.91. The molecule has 0 saturated heterocycles. The molecule has 7 heteroatoms. The number of nitrogens with two attached hydrogens (primary N) is 1. The molecule has 18 heavy (non-hydrogen) atoms. The Labute approximate surface area is 133 Å². The number of rotatable bonds is 4. The number of nitrogens with zero attached hydrogens (tertiary/aromatic N) is 1. The highest BCUT2D eigenvalue weighted by atomic mass is 127. The van der Waals surface area contributed by atoms with Crippen molar-refractivity contribution in [2.45, 2.75) is 20.0 Å². The van der Waals surface area contributed by atoms with Gasteiger partial charge in [0.2, 0.25) is 0 Å². The molecule has 0 spiro atoms.